The van der Waals surface area contributed by atoms with E-state index in [0.29, 0.717) is 6.54 Å². The Labute approximate surface area is 121 Å². The number of benzene rings is 1. The fourth-order valence-electron chi connectivity index (χ4n) is 2.15. The molecule has 0 radical (unpaired) electrons. The third-order valence-electron chi connectivity index (χ3n) is 3.17. The quantitative estimate of drug-likeness (QED) is 0.783. The largest absolute Gasteiger partial charge is 0.323 e. The van der Waals surface area contributed by atoms with Crippen LogP contribution < -0.4 is 5.73 Å². The smallest absolute Gasteiger partial charge is 0.115 e. The van der Waals surface area contributed by atoms with Crippen molar-refractivity contribution in [2.24, 2.45) is 5.73 Å². The van der Waals surface area contributed by atoms with E-state index in [2.05, 4.69) is 28.3 Å². The van der Waals surface area contributed by atoms with E-state index in [1.807, 2.05) is 29.1 Å². The van der Waals surface area contributed by atoms with Gasteiger partial charge in [-0.3, -0.25) is 0 Å². The zero-order valence-corrected chi connectivity index (χ0v) is 12.2. The number of fused-ring (bicyclic) bond motifs is 1. The van der Waals surface area contributed by atoms with Gasteiger partial charge < -0.3 is 5.73 Å². The van der Waals surface area contributed by atoms with Crippen molar-refractivity contribution in [1.82, 2.24) is 20.0 Å². The summed E-state index contributed by atoms with van der Waals surface area (Å²) in [6, 6.07) is 8.12. The Morgan fingerprint density at radius 3 is 3.00 bits per heavy atom. The van der Waals surface area contributed by atoms with Crippen molar-refractivity contribution in [3.05, 3.63) is 41.2 Å². The molecule has 2 heterocycles. The van der Waals surface area contributed by atoms with Gasteiger partial charge in [0.1, 0.15) is 5.01 Å². The monoisotopic (exact) mass is 287 g/mol. The maximum Gasteiger partial charge on any atom is 0.115 e. The number of aromatic nitrogens is 4. The van der Waals surface area contributed by atoms with Crippen molar-refractivity contribution in [1.29, 1.82) is 0 Å². The summed E-state index contributed by atoms with van der Waals surface area (Å²) in [5.74, 6) is 0. The highest BCUT2D eigenvalue weighted by molar-refractivity contribution is 7.18. The van der Waals surface area contributed by atoms with Gasteiger partial charge in [0.05, 0.1) is 34.7 Å². The molecule has 1 aromatic carbocycles. The SMILES string of the molecule is CCCC(N)c1cn(Cc2nc3ccccc3s2)nn1. The molecule has 0 saturated heterocycles. The Morgan fingerprint density at radius 2 is 2.20 bits per heavy atom. The molecule has 0 fully saturated rings. The lowest BCUT2D eigenvalue weighted by molar-refractivity contribution is 0.617. The van der Waals surface area contributed by atoms with Crippen LogP contribution in [0.4, 0.5) is 0 Å². The summed E-state index contributed by atoms with van der Waals surface area (Å²) in [5, 5.41) is 9.32. The zero-order valence-electron chi connectivity index (χ0n) is 11.4. The summed E-state index contributed by atoms with van der Waals surface area (Å²) in [4.78, 5) is 4.60. The first-order valence-corrected chi connectivity index (χ1v) is 7.58. The van der Waals surface area contributed by atoms with Gasteiger partial charge in [-0.05, 0) is 18.6 Å². The molecule has 3 aromatic rings. The van der Waals surface area contributed by atoms with Gasteiger partial charge in [-0.15, -0.1) is 16.4 Å². The van der Waals surface area contributed by atoms with Crippen LogP contribution in [0.25, 0.3) is 10.2 Å². The van der Waals surface area contributed by atoms with E-state index >= 15 is 0 Å². The Hall–Kier alpha value is -1.79. The molecule has 104 valence electrons. The van der Waals surface area contributed by atoms with Crippen molar-refractivity contribution in [3.63, 3.8) is 0 Å². The molecule has 0 amide bonds. The number of thiazole rings is 1. The molecule has 0 aliphatic rings. The standard InChI is InChI=1S/C14H17N5S/c1-2-5-10(15)12-8-19(18-17-12)9-14-16-11-6-3-4-7-13(11)20-14/h3-4,6-8,10H,2,5,9,15H2,1H3. The first-order valence-electron chi connectivity index (χ1n) is 6.76. The Balaban J connectivity index is 1.77. The summed E-state index contributed by atoms with van der Waals surface area (Å²) in [6.07, 6.45) is 3.90. The summed E-state index contributed by atoms with van der Waals surface area (Å²) in [6.45, 7) is 2.76. The highest BCUT2D eigenvalue weighted by Crippen LogP contribution is 2.22. The van der Waals surface area contributed by atoms with Crippen molar-refractivity contribution in [2.45, 2.75) is 32.4 Å². The van der Waals surface area contributed by atoms with Crippen LogP contribution in [0.5, 0.6) is 0 Å². The minimum Gasteiger partial charge on any atom is -0.323 e. The molecular formula is C14H17N5S. The van der Waals surface area contributed by atoms with Crippen molar-refractivity contribution in [3.8, 4) is 0 Å². The topological polar surface area (TPSA) is 69.6 Å². The van der Waals surface area contributed by atoms with Crippen molar-refractivity contribution < 1.29 is 0 Å². The van der Waals surface area contributed by atoms with Crippen LogP contribution in [0.15, 0.2) is 30.5 Å². The molecule has 2 N–H and O–H groups in total. The highest BCUT2D eigenvalue weighted by Gasteiger charge is 2.11. The molecule has 0 spiro atoms. The lowest BCUT2D eigenvalue weighted by Crippen LogP contribution is -2.10. The Kier molecular flexibility index (Phi) is 3.75. The van der Waals surface area contributed by atoms with Gasteiger partial charge in [0.15, 0.2) is 0 Å². The fourth-order valence-corrected chi connectivity index (χ4v) is 3.11. The molecule has 1 atom stereocenters. The molecule has 1 unspecified atom stereocenters. The number of para-hydroxylation sites is 1. The molecule has 0 saturated carbocycles. The van der Waals surface area contributed by atoms with Crippen molar-refractivity contribution >= 4 is 21.6 Å². The summed E-state index contributed by atoms with van der Waals surface area (Å²) in [7, 11) is 0. The van der Waals surface area contributed by atoms with Gasteiger partial charge in [-0.1, -0.05) is 30.7 Å². The third kappa shape index (κ3) is 2.71. The normalized spacial score (nSPS) is 12.9. The second-order valence-electron chi connectivity index (χ2n) is 4.81. The lowest BCUT2D eigenvalue weighted by Gasteiger charge is -2.04. The van der Waals surface area contributed by atoms with Crippen LogP contribution in [0, 0.1) is 0 Å². The van der Waals surface area contributed by atoms with Gasteiger partial charge in [-0.25, -0.2) is 9.67 Å². The summed E-state index contributed by atoms with van der Waals surface area (Å²) < 4.78 is 3.01. The van der Waals surface area contributed by atoms with Crippen LogP contribution in [-0.4, -0.2) is 20.0 Å². The van der Waals surface area contributed by atoms with Crippen LogP contribution in [0.1, 0.15) is 36.5 Å². The predicted molar refractivity (Wildman–Crippen MR) is 80.6 cm³/mol. The molecule has 3 rings (SSSR count). The van der Waals surface area contributed by atoms with Crippen LogP contribution >= 0.6 is 11.3 Å². The molecular weight excluding hydrogens is 270 g/mol. The molecule has 5 nitrogen and oxygen atoms in total. The molecule has 0 aliphatic carbocycles. The van der Waals surface area contributed by atoms with E-state index in [-0.39, 0.29) is 6.04 Å². The lowest BCUT2D eigenvalue weighted by atomic mass is 10.1. The first-order chi connectivity index (χ1) is 9.76. The van der Waals surface area contributed by atoms with E-state index in [1.54, 1.807) is 11.3 Å². The minimum absolute atomic E-state index is 0.0240. The third-order valence-corrected chi connectivity index (χ3v) is 4.19. The first kappa shape index (κ1) is 13.2. The van der Waals surface area contributed by atoms with E-state index in [9.17, 15) is 0 Å². The van der Waals surface area contributed by atoms with Crippen molar-refractivity contribution in [2.75, 3.05) is 0 Å². The molecule has 6 heteroatoms. The van der Waals surface area contributed by atoms with E-state index in [4.69, 9.17) is 5.73 Å². The Morgan fingerprint density at radius 1 is 1.35 bits per heavy atom. The summed E-state index contributed by atoms with van der Waals surface area (Å²) in [5.41, 5.74) is 7.94. The van der Waals surface area contributed by atoms with Gasteiger partial charge in [0, 0.05) is 0 Å². The van der Waals surface area contributed by atoms with Crippen LogP contribution in [-0.2, 0) is 6.54 Å². The van der Waals surface area contributed by atoms with E-state index in [1.165, 1.54) is 4.70 Å². The summed E-state index contributed by atoms with van der Waals surface area (Å²) >= 11 is 1.69. The fraction of sp³-hybridized carbons (Fsp3) is 0.357. The molecule has 0 bridgehead atoms. The average Bonchev–Trinajstić information content (AvgIpc) is 3.05. The maximum atomic E-state index is 6.04. The van der Waals surface area contributed by atoms with E-state index in [0.717, 1.165) is 29.1 Å². The highest BCUT2D eigenvalue weighted by atomic mass is 32.1. The second-order valence-corrected chi connectivity index (χ2v) is 5.93. The van der Waals surface area contributed by atoms with E-state index < -0.39 is 0 Å². The molecule has 2 aromatic heterocycles. The van der Waals surface area contributed by atoms with Crippen LogP contribution in [0.3, 0.4) is 0 Å². The predicted octanol–water partition coefficient (Wildman–Crippen LogP) is 2.74. The second kappa shape index (κ2) is 5.68. The molecule has 20 heavy (non-hydrogen) atoms. The zero-order chi connectivity index (χ0) is 13.9. The number of hydrogen-bond donors (Lipinski definition) is 1. The van der Waals surface area contributed by atoms with Gasteiger partial charge in [0.2, 0.25) is 0 Å². The van der Waals surface area contributed by atoms with Gasteiger partial charge >= 0.3 is 0 Å². The number of hydrogen-bond acceptors (Lipinski definition) is 5. The number of nitrogens with zero attached hydrogens (tertiary/aromatic N) is 4. The minimum atomic E-state index is -0.0240. The van der Waals surface area contributed by atoms with Crippen LogP contribution in [0.2, 0.25) is 0 Å². The number of nitrogens with two attached hydrogens (primary N) is 1. The van der Waals surface area contributed by atoms with Gasteiger partial charge in [0.25, 0.3) is 0 Å². The Bertz CT molecular complexity index is 669. The average molecular weight is 287 g/mol. The maximum absolute atomic E-state index is 6.04. The van der Waals surface area contributed by atoms with Gasteiger partial charge in [-0.2, -0.15) is 0 Å². The molecule has 0 aliphatic heterocycles. The number of rotatable bonds is 5.